The van der Waals surface area contributed by atoms with Crippen molar-refractivity contribution < 1.29 is 13.6 Å². The van der Waals surface area contributed by atoms with E-state index >= 15 is 0 Å². The normalized spacial score (nSPS) is 12.0. The molecule has 0 aliphatic rings. The number of aromatic nitrogens is 4. The quantitative estimate of drug-likeness (QED) is 0.300. The Bertz CT molecular complexity index is 1200. The van der Waals surface area contributed by atoms with Crippen molar-refractivity contribution in [1.82, 2.24) is 19.7 Å². The molecular formula is C23H18F2N4OS. The largest absolute Gasteiger partial charge is 0.298 e. The SMILES string of the molecule is CC(Sc1nnc(-c2ccncc2)n1Cc1ccccc1)C(=O)c1ccc(F)c(F)c1. The van der Waals surface area contributed by atoms with Gasteiger partial charge in [0.05, 0.1) is 11.8 Å². The molecular weight excluding hydrogens is 418 g/mol. The van der Waals surface area contributed by atoms with E-state index < -0.39 is 16.9 Å². The summed E-state index contributed by atoms with van der Waals surface area (Å²) in [4.78, 5) is 16.8. The predicted molar refractivity (Wildman–Crippen MR) is 115 cm³/mol. The predicted octanol–water partition coefficient (Wildman–Crippen LogP) is 5.03. The van der Waals surface area contributed by atoms with E-state index in [1.54, 1.807) is 19.3 Å². The van der Waals surface area contributed by atoms with Crippen molar-refractivity contribution in [3.63, 3.8) is 0 Å². The first-order valence-electron chi connectivity index (χ1n) is 9.56. The summed E-state index contributed by atoms with van der Waals surface area (Å²) in [6.07, 6.45) is 3.36. The van der Waals surface area contributed by atoms with E-state index in [-0.39, 0.29) is 11.3 Å². The second-order valence-corrected chi connectivity index (χ2v) is 8.17. The number of Topliss-reactive ketones (excluding diaryl/α,β-unsaturated/α-hetero) is 1. The molecule has 0 bridgehead atoms. The van der Waals surface area contributed by atoms with Crippen LogP contribution in [0.15, 0.2) is 78.2 Å². The molecule has 0 aliphatic carbocycles. The lowest BCUT2D eigenvalue weighted by molar-refractivity contribution is 0.0993. The van der Waals surface area contributed by atoms with Crippen LogP contribution in [-0.4, -0.2) is 30.8 Å². The van der Waals surface area contributed by atoms with Crippen LogP contribution in [0.5, 0.6) is 0 Å². The summed E-state index contributed by atoms with van der Waals surface area (Å²) >= 11 is 1.23. The van der Waals surface area contributed by atoms with E-state index in [4.69, 9.17) is 0 Å². The number of rotatable bonds is 7. The fourth-order valence-corrected chi connectivity index (χ4v) is 4.02. The van der Waals surface area contributed by atoms with Gasteiger partial charge in [-0.2, -0.15) is 0 Å². The molecule has 0 spiro atoms. The Kier molecular flexibility index (Phi) is 6.18. The Morgan fingerprint density at radius 1 is 1.00 bits per heavy atom. The molecule has 0 saturated heterocycles. The van der Waals surface area contributed by atoms with Gasteiger partial charge in [-0.15, -0.1) is 10.2 Å². The van der Waals surface area contributed by atoms with Gasteiger partial charge in [-0.1, -0.05) is 42.1 Å². The third-order valence-corrected chi connectivity index (χ3v) is 5.77. The van der Waals surface area contributed by atoms with Crippen molar-refractivity contribution in [2.45, 2.75) is 23.9 Å². The molecule has 0 saturated carbocycles. The molecule has 2 aromatic heterocycles. The molecule has 0 fully saturated rings. The van der Waals surface area contributed by atoms with Crippen LogP contribution in [-0.2, 0) is 6.54 Å². The van der Waals surface area contributed by atoms with E-state index in [2.05, 4.69) is 15.2 Å². The topological polar surface area (TPSA) is 60.7 Å². The minimum atomic E-state index is -1.05. The summed E-state index contributed by atoms with van der Waals surface area (Å²) in [5, 5.41) is 8.62. The first-order valence-corrected chi connectivity index (χ1v) is 10.4. The van der Waals surface area contributed by atoms with Gasteiger partial charge >= 0.3 is 0 Å². The molecule has 8 heteroatoms. The summed E-state index contributed by atoms with van der Waals surface area (Å²) in [7, 11) is 0. The fourth-order valence-electron chi connectivity index (χ4n) is 3.09. The number of carbonyl (C=O) groups excluding carboxylic acids is 1. The number of hydrogen-bond donors (Lipinski definition) is 0. The van der Waals surface area contributed by atoms with Crippen molar-refractivity contribution in [2.75, 3.05) is 0 Å². The fraction of sp³-hybridized carbons (Fsp3) is 0.130. The highest BCUT2D eigenvalue weighted by molar-refractivity contribution is 8.00. The second-order valence-electron chi connectivity index (χ2n) is 6.87. The Morgan fingerprint density at radius 2 is 1.74 bits per heavy atom. The van der Waals surface area contributed by atoms with E-state index in [1.807, 2.05) is 47.0 Å². The average molecular weight is 436 g/mol. The van der Waals surface area contributed by atoms with Gasteiger partial charge in [-0.25, -0.2) is 8.78 Å². The molecule has 0 aliphatic heterocycles. The zero-order chi connectivity index (χ0) is 21.8. The Labute approximate surface area is 182 Å². The van der Waals surface area contributed by atoms with Crippen molar-refractivity contribution in [1.29, 1.82) is 0 Å². The number of ketones is 1. The van der Waals surface area contributed by atoms with Gasteiger partial charge in [-0.05, 0) is 42.8 Å². The summed E-state index contributed by atoms with van der Waals surface area (Å²) < 4.78 is 28.7. The smallest absolute Gasteiger partial charge is 0.192 e. The van der Waals surface area contributed by atoms with E-state index in [0.29, 0.717) is 17.5 Å². The summed E-state index contributed by atoms with van der Waals surface area (Å²) in [5.74, 6) is -1.69. The molecule has 0 amide bonds. The Hall–Kier alpha value is -3.39. The number of pyridine rings is 1. The van der Waals surface area contributed by atoms with Crippen LogP contribution >= 0.6 is 11.8 Å². The number of nitrogens with zero attached hydrogens (tertiary/aromatic N) is 4. The van der Waals surface area contributed by atoms with Crippen LogP contribution < -0.4 is 0 Å². The molecule has 4 aromatic rings. The molecule has 0 radical (unpaired) electrons. The molecule has 5 nitrogen and oxygen atoms in total. The zero-order valence-corrected chi connectivity index (χ0v) is 17.4. The summed E-state index contributed by atoms with van der Waals surface area (Å²) in [6.45, 7) is 2.22. The van der Waals surface area contributed by atoms with Crippen LogP contribution in [0.4, 0.5) is 8.78 Å². The van der Waals surface area contributed by atoms with Crippen molar-refractivity contribution >= 4 is 17.5 Å². The first kappa shape index (κ1) is 20.9. The van der Waals surface area contributed by atoms with Gasteiger partial charge in [0.15, 0.2) is 28.4 Å². The zero-order valence-electron chi connectivity index (χ0n) is 16.6. The highest BCUT2D eigenvalue weighted by Crippen LogP contribution is 2.29. The van der Waals surface area contributed by atoms with E-state index in [1.165, 1.54) is 17.8 Å². The molecule has 1 atom stereocenters. The maximum atomic E-state index is 13.6. The molecule has 0 N–H and O–H groups in total. The molecule has 156 valence electrons. The molecule has 2 aromatic carbocycles. The van der Waals surface area contributed by atoms with Gasteiger partial charge in [0.25, 0.3) is 0 Å². The lowest BCUT2D eigenvalue weighted by Gasteiger charge is -2.13. The lowest BCUT2D eigenvalue weighted by atomic mass is 10.1. The molecule has 2 heterocycles. The maximum absolute atomic E-state index is 13.6. The monoisotopic (exact) mass is 436 g/mol. The number of carbonyl (C=O) groups is 1. The molecule has 31 heavy (non-hydrogen) atoms. The van der Waals surface area contributed by atoms with Crippen LogP contribution in [0.2, 0.25) is 0 Å². The third-order valence-electron chi connectivity index (χ3n) is 4.69. The number of hydrogen-bond acceptors (Lipinski definition) is 5. The van der Waals surface area contributed by atoms with Crippen LogP contribution in [0, 0.1) is 11.6 Å². The maximum Gasteiger partial charge on any atom is 0.192 e. The van der Waals surface area contributed by atoms with Crippen molar-refractivity contribution in [3.05, 3.63) is 95.8 Å². The van der Waals surface area contributed by atoms with Crippen LogP contribution in [0.25, 0.3) is 11.4 Å². The average Bonchev–Trinajstić information content (AvgIpc) is 3.18. The second kappa shape index (κ2) is 9.18. The highest BCUT2D eigenvalue weighted by Gasteiger charge is 2.23. The first-order chi connectivity index (χ1) is 15.0. The highest BCUT2D eigenvalue weighted by atomic mass is 32.2. The number of halogens is 2. The minimum Gasteiger partial charge on any atom is -0.298 e. The van der Waals surface area contributed by atoms with Gasteiger partial charge in [0.1, 0.15) is 0 Å². The number of benzene rings is 2. The summed E-state index contributed by atoms with van der Waals surface area (Å²) in [5.41, 5.74) is 2.02. The Morgan fingerprint density at radius 3 is 2.45 bits per heavy atom. The lowest BCUT2D eigenvalue weighted by Crippen LogP contribution is -2.15. The van der Waals surface area contributed by atoms with Gasteiger partial charge < -0.3 is 0 Å². The van der Waals surface area contributed by atoms with Crippen LogP contribution in [0.1, 0.15) is 22.8 Å². The summed E-state index contributed by atoms with van der Waals surface area (Å²) in [6, 6.07) is 16.7. The van der Waals surface area contributed by atoms with E-state index in [0.717, 1.165) is 23.3 Å². The standard InChI is InChI=1S/C23H18F2N4OS/c1-15(21(30)18-7-8-19(24)20(25)13-18)31-23-28-27-22(17-9-11-26-12-10-17)29(23)14-16-5-3-2-4-6-16/h2-13,15H,14H2,1H3. The minimum absolute atomic E-state index is 0.113. The van der Waals surface area contributed by atoms with Gasteiger partial charge in [0.2, 0.25) is 0 Å². The van der Waals surface area contributed by atoms with Crippen molar-refractivity contribution in [3.8, 4) is 11.4 Å². The molecule has 4 rings (SSSR count). The van der Waals surface area contributed by atoms with Crippen molar-refractivity contribution in [2.24, 2.45) is 0 Å². The number of thioether (sulfide) groups is 1. The van der Waals surface area contributed by atoms with E-state index in [9.17, 15) is 13.6 Å². The van der Waals surface area contributed by atoms with Gasteiger partial charge in [0, 0.05) is 23.5 Å². The van der Waals surface area contributed by atoms with Crippen LogP contribution in [0.3, 0.4) is 0 Å². The molecule has 1 unspecified atom stereocenters. The third kappa shape index (κ3) is 4.69. The van der Waals surface area contributed by atoms with Gasteiger partial charge in [-0.3, -0.25) is 14.3 Å². The Balaban J connectivity index is 1.65.